The molecule has 0 saturated heterocycles. The van der Waals surface area contributed by atoms with Gasteiger partial charge in [0.05, 0.1) is 23.7 Å². The van der Waals surface area contributed by atoms with E-state index >= 15 is 0 Å². The number of nitrogen functional groups attached to an aromatic ring is 1. The Bertz CT molecular complexity index is 1040. The molecule has 0 fully saturated rings. The Kier molecular flexibility index (Phi) is 8.12. The summed E-state index contributed by atoms with van der Waals surface area (Å²) < 4.78 is 31.3. The number of rotatable bonds is 4. The van der Waals surface area contributed by atoms with Crippen molar-refractivity contribution in [2.45, 2.75) is 20.8 Å². The number of nitrogens with zero attached hydrogens (tertiary/aromatic N) is 1. The van der Waals surface area contributed by atoms with Crippen LogP contribution in [0.2, 0.25) is 5.15 Å². The lowest BCUT2D eigenvalue weighted by Gasteiger charge is -2.12. The predicted octanol–water partition coefficient (Wildman–Crippen LogP) is 5.82. The zero-order valence-corrected chi connectivity index (χ0v) is 17.6. The molecule has 0 radical (unpaired) electrons. The van der Waals surface area contributed by atoms with Gasteiger partial charge in [-0.25, -0.2) is 18.6 Å². The van der Waals surface area contributed by atoms with Crippen molar-refractivity contribution in [3.63, 3.8) is 0 Å². The van der Waals surface area contributed by atoms with Crippen molar-refractivity contribution in [3.05, 3.63) is 82.1 Å². The van der Waals surface area contributed by atoms with E-state index in [1.807, 2.05) is 6.92 Å². The maximum atomic E-state index is 13.9. The van der Waals surface area contributed by atoms with Crippen LogP contribution in [0.3, 0.4) is 0 Å². The minimum Gasteiger partial charge on any atom is -0.462 e. The molecule has 0 amide bonds. The number of nitrogens with one attached hydrogen (secondary N) is 1. The van der Waals surface area contributed by atoms with Crippen LogP contribution in [-0.4, -0.2) is 17.6 Å². The smallest absolute Gasteiger partial charge is 0.341 e. The van der Waals surface area contributed by atoms with E-state index in [0.717, 1.165) is 11.1 Å². The lowest BCUT2D eigenvalue weighted by molar-refractivity contribution is 0.0527. The van der Waals surface area contributed by atoms with Gasteiger partial charge in [0.1, 0.15) is 22.4 Å². The van der Waals surface area contributed by atoms with Gasteiger partial charge in [-0.3, -0.25) is 0 Å². The minimum atomic E-state index is -0.545. The molecule has 2 aromatic carbocycles. The van der Waals surface area contributed by atoms with Gasteiger partial charge in [0.2, 0.25) is 0 Å². The van der Waals surface area contributed by atoms with Crippen molar-refractivity contribution in [1.29, 1.82) is 0 Å². The molecular weight excluding hydrogens is 412 g/mol. The summed E-state index contributed by atoms with van der Waals surface area (Å²) in [7, 11) is 0. The standard InChI is InChI=1S/C15H14ClFN2O2.C7H8FN/c1-3-21-15(20)10-8-18-14(16)7-13(10)19-12-5-4-9(2)6-11(12)17;1-5-2-3-7(9)6(8)4-5/h4-8H,3H2,1-2H3,(H,18,19);2-4H,9H2,1H3. The molecule has 0 aliphatic carbocycles. The average Bonchev–Trinajstić information content (AvgIpc) is 2.68. The number of pyridine rings is 1. The summed E-state index contributed by atoms with van der Waals surface area (Å²) in [6, 6.07) is 11.0. The largest absolute Gasteiger partial charge is 0.462 e. The molecule has 1 heterocycles. The topological polar surface area (TPSA) is 77.2 Å². The third-order valence-electron chi connectivity index (χ3n) is 3.92. The van der Waals surface area contributed by atoms with Crippen LogP contribution in [0.4, 0.5) is 25.8 Å². The molecule has 0 saturated carbocycles. The van der Waals surface area contributed by atoms with E-state index in [-0.39, 0.29) is 34.5 Å². The number of benzene rings is 2. The van der Waals surface area contributed by atoms with Crippen molar-refractivity contribution in [3.8, 4) is 0 Å². The van der Waals surface area contributed by atoms with E-state index in [1.165, 1.54) is 24.4 Å². The fourth-order valence-electron chi connectivity index (χ4n) is 2.40. The van der Waals surface area contributed by atoms with E-state index in [9.17, 15) is 13.6 Å². The predicted molar refractivity (Wildman–Crippen MR) is 115 cm³/mol. The van der Waals surface area contributed by atoms with Crippen LogP contribution in [0.25, 0.3) is 0 Å². The van der Waals surface area contributed by atoms with Crippen LogP contribution >= 0.6 is 11.6 Å². The molecule has 5 nitrogen and oxygen atoms in total. The number of hydrogen-bond acceptors (Lipinski definition) is 5. The van der Waals surface area contributed by atoms with E-state index < -0.39 is 11.8 Å². The number of nitrogens with two attached hydrogens (primary N) is 1. The molecule has 0 atom stereocenters. The van der Waals surface area contributed by atoms with Crippen molar-refractivity contribution in [2.24, 2.45) is 0 Å². The normalized spacial score (nSPS) is 10.1. The molecule has 0 aliphatic rings. The average molecular weight is 434 g/mol. The zero-order chi connectivity index (χ0) is 22.3. The fourth-order valence-corrected chi connectivity index (χ4v) is 2.56. The van der Waals surface area contributed by atoms with E-state index in [0.29, 0.717) is 5.69 Å². The maximum absolute atomic E-state index is 13.9. The molecule has 1 aromatic heterocycles. The number of halogens is 3. The SMILES string of the molecule is CCOC(=O)c1cnc(Cl)cc1Nc1ccc(C)cc1F.Cc1ccc(N)c(F)c1. The molecule has 30 heavy (non-hydrogen) atoms. The summed E-state index contributed by atoms with van der Waals surface area (Å²) in [4.78, 5) is 15.7. The second kappa shape index (κ2) is 10.5. The van der Waals surface area contributed by atoms with Gasteiger partial charge in [-0.05, 0) is 62.2 Å². The van der Waals surface area contributed by atoms with E-state index in [4.69, 9.17) is 22.1 Å². The summed E-state index contributed by atoms with van der Waals surface area (Å²) in [6.07, 6.45) is 1.30. The summed E-state index contributed by atoms with van der Waals surface area (Å²) in [5.41, 5.74) is 7.90. The number of carbonyl (C=O) groups excluding carboxylic acids is 1. The van der Waals surface area contributed by atoms with Crippen molar-refractivity contribution in [1.82, 2.24) is 4.98 Å². The molecule has 158 valence electrons. The van der Waals surface area contributed by atoms with Gasteiger partial charge in [0.25, 0.3) is 0 Å². The first-order chi connectivity index (χ1) is 14.2. The van der Waals surface area contributed by atoms with Gasteiger partial charge in [0.15, 0.2) is 0 Å². The molecule has 3 rings (SSSR count). The first-order valence-electron chi connectivity index (χ1n) is 9.08. The Morgan fingerprint density at radius 1 is 1.07 bits per heavy atom. The molecule has 3 aromatic rings. The quantitative estimate of drug-likeness (QED) is 0.308. The Labute approximate surface area is 178 Å². The monoisotopic (exact) mass is 433 g/mol. The molecule has 3 N–H and O–H groups in total. The summed E-state index contributed by atoms with van der Waals surface area (Å²) >= 11 is 5.83. The third kappa shape index (κ3) is 6.42. The van der Waals surface area contributed by atoms with Crippen LogP contribution in [0.5, 0.6) is 0 Å². The highest BCUT2D eigenvalue weighted by Crippen LogP contribution is 2.26. The van der Waals surface area contributed by atoms with E-state index in [2.05, 4.69) is 10.3 Å². The number of anilines is 3. The first kappa shape index (κ1) is 23.1. The highest BCUT2D eigenvalue weighted by atomic mass is 35.5. The van der Waals surface area contributed by atoms with Crippen LogP contribution in [0.15, 0.2) is 48.7 Å². The highest BCUT2D eigenvalue weighted by Gasteiger charge is 2.15. The second-order valence-corrected chi connectivity index (χ2v) is 6.79. The van der Waals surface area contributed by atoms with Crippen LogP contribution in [0, 0.1) is 25.5 Å². The Balaban J connectivity index is 0.000000297. The molecule has 0 spiro atoms. The first-order valence-corrected chi connectivity index (χ1v) is 9.46. The lowest BCUT2D eigenvalue weighted by atomic mass is 10.2. The van der Waals surface area contributed by atoms with Gasteiger partial charge in [-0.2, -0.15) is 0 Å². The number of ether oxygens (including phenoxy) is 1. The fraction of sp³-hybridized carbons (Fsp3) is 0.182. The Morgan fingerprint density at radius 2 is 1.70 bits per heavy atom. The van der Waals surface area contributed by atoms with Crippen LogP contribution in [0.1, 0.15) is 28.4 Å². The van der Waals surface area contributed by atoms with Crippen molar-refractivity contribution in [2.75, 3.05) is 17.7 Å². The summed E-state index contributed by atoms with van der Waals surface area (Å²) in [5, 5.41) is 3.04. The van der Waals surface area contributed by atoms with Crippen molar-refractivity contribution >= 4 is 34.6 Å². The van der Waals surface area contributed by atoms with Crippen molar-refractivity contribution < 1.29 is 18.3 Å². The molecular formula is C22H22ClF2N3O2. The van der Waals surface area contributed by atoms with Crippen LogP contribution in [-0.2, 0) is 4.74 Å². The number of hydrogen-bond donors (Lipinski definition) is 2. The zero-order valence-electron chi connectivity index (χ0n) is 16.8. The Hall–Kier alpha value is -3.19. The van der Waals surface area contributed by atoms with E-state index in [1.54, 1.807) is 38.1 Å². The molecule has 0 unspecified atom stereocenters. The number of carbonyl (C=O) groups is 1. The Morgan fingerprint density at radius 3 is 2.27 bits per heavy atom. The van der Waals surface area contributed by atoms with Gasteiger partial charge in [0, 0.05) is 6.20 Å². The van der Waals surface area contributed by atoms with Gasteiger partial charge in [-0.1, -0.05) is 23.7 Å². The number of aryl methyl sites for hydroxylation is 2. The second-order valence-electron chi connectivity index (χ2n) is 6.41. The highest BCUT2D eigenvalue weighted by molar-refractivity contribution is 6.29. The third-order valence-corrected chi connectivity index (χ3v) is 4.12. The molecule has 0 bridgehead atoms. The summed E-state index contributed by atoms with van der Waals surface area (Å²) in [6.45, 7) is 5.55. The summed E-state index contributed by atoms with van der Waals surface area (Å²) in [5.74, 6) is -1.30. The van der Waals surface area contributed by atoms with Crippen LogP contribution < -0.4 is 11.1 Å². The lowest BCUT2D eigenvalue weighted by Crippen LogP contribution is -2.09. The molecule has 8 heteroatoms. The maximum Gasteiger partial charge on any atom is 0.341 e. The molecule has 0 aliphatic heterocycles. The number of aromatic nitrogens is 1. The van der Waals surface area contributed by atoms with Gasteiger partial charge in [-0.15, -0.1) is 0 Å². The number of esters is 1. The van der Waals surface area contributed by atoms with Gasteiger partial charge >= 0.3 is 5.97 Å². The van der Waals surface area contributed by atoms with Gasteiger partial charge < -0.3 is 15.8 Å². The minimum absolute atomic E-state index is 0.193.